The minimum absolute atomic E-state index is 0.0301. The molecule has 1 aliphatic heterocycles. The van der Waals surface area contributed by atoms with E-state index in [1.165, 1.54) is 0 Å². The zero-order valence-corrected chi connectivity index (χ0v) is 12.0. The van der Waals surface area contributed by atoms with E-state index in [1.54, 1.807) is 31.3 Å². The molecule has 0 aromatic heterocycles. The Kier molecular flexibility index (Phi) is 5.11. The molecule has 1 saturated heterocycles. The summed E-state index contributed by atoms with van der Waals surface area (Å²) in [6, 6.07) is 6.35. The Morgan fingerprint density at radius 3 is 2.75 bits per heavy atom. The zero-order chi connectivity index (χ0) is 14.5. The van der Waals surface area contributed by atoms with Crippen LogP contribution in [0.5, 0.6) is 0 Å². The first-order valence-corrected chi connectivity index (χ1v) is 6.82. The maximum absolute atomic E-state index is 12.2. The molecule has 0 radical (unpaired) electrons. The fourth-order valence-corrected chi connectivity index (χ4v) is 2.27. The van der Waals surface area contributed by atoms with E-state index in [0.29, 0.717) is 30.3 Å². The number of nitrogens with zero attached hydrogens (tertiary/aromatic N) is 1. The van der Waals surface area contributed by atoms with Crippen molar-refractivity contribution in [1.82, 2.24) is 10.2 Å². The van der Waals surface area contributed by atoms with E-state index < -0.39 is 6.04 Å². The number of halogens is 1. The second-order valence-electron chi connectivity index (χ2n) is 4.61. The monoisotopic (exact) mass is 296 g/mol. The van der Waals surface area contributed by atoms with Gasteiger partial charge in [-0.25, -0.2) is 0 Å². The molecule has 1 fully saturated rings. The largest absolute Gasteiger partial charge is 0.378 e. The highest BCUT2D eigenvalue weighted by atomic mass is 35.5. The van der Waals surface area contributed by atoms with Crippen LogP contribution in [0.15, 0.2) is 24.3 Å². The molecule has 108 valence electrons. The lowest BCUT2D eigenvalue weighted by atomic mass is 10.1. The van der Waals surface area contributed by atoms with Gasteiger partial charge in [-0.05, 0) is 24.3 Å². The number of Topliss-reactive ketones (excluding diaryl/α,β-unsaturated/α-hetero) is 1. The first-order valence-electron chi connectivity index (χ1n) is 6.44. The number of hydrogen-bond donors (Lipinski definition) is 1. The Balaban J connectivity index is 2.04. The number of carbonyl (C=O) groups excluding carboxylic acids is 2. The van der Waals surface area contributed by atoms with Crippen LogP contribution in [0.2, 0.25) is 5.02 Å². The summed E-state index contributed by atoms with van der Waals surface area (Å²) in [5.74, 6) is -0.161. The highest BCUT2D eigenvalue weighted by Crippen LogP contribution is 2.13. The molecule has 1 amide bonds. The third-order valence-electron chi connectivity index (χ3n) is 3.30. The first kappa shape index (κ1) is 15.0. The van der Waals surface area contributed by atoms with E-state index >= 15 is 0 Å². The van der Waals surface area contributed by atoms with Crippen LogP contribution in [0.1, 0.15) is 10.4 Å². The molecule has 1 unspecified atom stereocenters. The number of morpholine rings is 1. The second-order valence-corrected chi connectivity index (χ2v) is 5.04. The molecular weight excluding hydrogens is 280 g/mol. The summed E-state index contributed by atoms with van der Waals surface area (Å²) < 4.78 is 5.31. The van der Waals surface area contributed by atoms with Crippen molar-refractivity contribution in [1.29, 1.82) is 0 Å². The number of hydrogen-bond acceptors (Lipinski definition) is 4. The van der Waals surface area contributed by atoms with Gasteiger partial charge in [0.25, 0.3) is 0 Å². The first-order chi connectivity index (χ1) is 9.61. The molecule has 5 nitrogen and oxygen atoms in total. The minimum atomic E-state index is -0.412. The molecule has 2 rings (SSSR count). The predicted molar refractivity (Wildman–Crippen MR) is 76.0 cm³/mol. The van der Waals surface area contributed by atoms with Crippen molar-refractivity contribution in [2.24, 2.45) is 0 Å². The molecule has 1 aromatic rings. The third-order valence-corrected chi connectivity index (χ3v) is 3.55. The van der Waals surface area contributed by atoms with Crippen LogP contribution >= 0.6 is 11.6 Å². The summed E-state index contributed by atoms with van der Waals surface area (Å²) in [6.07, 6.45) is 0. The average molecular weight is 297 g/mol. The van der Waals surface area contributed by atoms with Crippen molar-refractivity contribution < 1.29 is 14.3 Å². The number of amides is 1. The molecule has 0 saturated carbocycles. The quantitative estimate of drug-likeness (QED) is 0.841. The predicted octanol–water partition coefficient (Wildman–Crippen LogP) is 0.969. The summed E-state index contributed by atoms with van der Waals surface area (Å²) in [5.41, 5.74) is 0.594. The van der Waals surface area contributed by atoms with Crippen molar-refractivity contribution in [2.75, 3.05) is 33.4 Å². The summed E-state index contributed by atoms with van der Waals surface area (Å²) >= 11 is 5.80. The normalized spacial score (nSPS) is 19.6. The summed E-state index contributed by atoms with van der Waals surface area (Å²) in [4.78, 5) is 25.8. The number of carbonyl (C=O) groups is 2. The van der Waals surface area contributed by atoms with Gasteiger partial charge in [-0.1, -0.05) is 11.6 Å². The molecule has 1 aromatic carbocycles. The van der Waals surface area contributed by atoms with E-state index in [1.807, 2.05) is 4.90 Å². The van der Waals surface area contributed by atoms with Gasteiger partial charge in [0.2, 0.25) is 5.91 Å². The summed E-state index contributed by atoms with van der Waals surface area (Å²) in [5, 5.41) is 3.19. The van der Waals surface area contributed by atoms with Crippen molar-refractivity contribution in [2.45, 2.75) is 6.04 Å². The lowest BCUT2D eigenvalue weighted by molar-refractivity contribution is -0.131. The Bertz CT molecular complexity index is 490. The molecule has 1 N–H and O–H groups in total. The van der Waals surface area contributed by atoms with Gasteiger partial charge < -0.3 is 10.1 Å². The van der Waals surface area contributed by atoms with Gasteiger partial charge in [0.05, 0.1) is 19.8 Å². The average Bonchev–Trinajstić information content (AvgIpc) is 2.47. The number of benzene rings is 1. The molecule has 0 aliphatic carbocycles. The van der Waals surface area contributed by atoms with Crippen molar-refractivity contribution in [3.63, 3.8) is 0 Å². The second kappa shape index (κ2) is 6.83. The van der Waals surface area contributed by atoms with Gasteiger partial charge in [0.1, 0.15) is 6.04 Å². The molecule has 1 aliphatic rings. The van der Waals surface area contributed by atoms with Gasteiger partial charge in [-0.3, -0.25) is 14.5 Å². The van der Waals surface area contributed by atoms with Crippen LogP contribution in [-0.2, 0) is 9.53 Å². The standard InChI is InChI=1S/C14H17ClN2O3/c1-16-14(19)12-9-20-7-6-17(12)8-13(18)10-2-4-11(15)5-3-10/h2-5,12H,6-9H2,1H3,(H,16,19). The fraction of sp³-hybridized carbons (Fsp3) is 0.429. The van der Waals surface area contributed by atoms with E-state index in [0.717, 1.165) is 0 Å². The lowest BCUT2D eigenvalue weighted by Crippen LogP contribution is -2.54. The van der Waals surface area contributed by atoms with Gasteiger partial charge in [0, 0.05) is 24.2 Å². The number of ether oxygens (including phenoxy) is 1. The van der Waals surface area contributed by atoms with Crippen LogP contribution < -0.4 is 5.32 Å². The number of likely N-dealkylation sites (N-methyl/N-ethyl adjacent to an activating group) is 1. The molecule has 0 spiro atoms. The highest BCUT2D eigenvalue weighted by molar-refractivity contribution is 6.30. The van der Waals surface area contributed by atoms with Crippen LogP contribution in [-0.4, -0.2) is 56.0 Å². The van der Waals surface area contributed by atoms with E-state index in [2.05, 4.69) is 5.32 Å². The maximum atomic E-state index is 12.2. The Morgan fingerprint density at radius 1 is 1.40 bits per heavy atom. The Morgan fingerprint density at radius 2 is 2.10 bits per heavy atom. The molecule has 1 atom stereocenters. The molecule has 20 heavy (non-hydrogen) atoms. The number of nitrogens with one attached hydrogen (secondary N) is 1. The zero-order valence-electron chi connectivity index (χ0n) is 11.3. The van der Waals surface area contributed by atoms with Crippen molar-refractivity contribution in [3.8, 4) is 0 Å². The number of rotatable bonds is 4. The summed E-state index contributed by atoms with van der Waals surface area (Å²) in [7, 11) is 1.58. The van der Waals surface area contributed by atoms with E-state index in [9.17, 15) is 9.59 Å². The molecule has 0 bridgehead atoms. The van der Waals surface area contributed by atoms with Crippen LogP contribution in [0.4, 0.5) is 0 Å². The maximum Gasteiger partial charge on any atom is 0.239 e. The third kappa shape index (κ3) is 3.56. The van der Waals surface area contributed by atoms with Gasteiger partial charge in [-0.2, -0.15) is 0 Å². The van der Waals surface area contributed by atoms with Gasteiger partial charge in [0.15, 0.2) is 5.78 Å². The van der Waals surface area contributed by atoms with E-state index in [4.69, 9.17) is 16.3 Å². The van der Waals surface area contributed by atoms with E-state index in [-0.39, 0.29) is 18.2 Å². The van der Waals surface area contributed by atoms with Crippen LogP contribution in [0, 0.1) is 0 Å². The molecule has 6 heteroatoms. The van der Waals surface area contributed by atoms with Crippen molar-refractivity contribution >= 4 is 23.3 Å². The number of ketones is 1. The Labute approximate surface area is 122 Å². The fourth-order valence-electron chi connectivity index (χ4n) is 2.15. The smallest absolute Gasteiger partial charge is 0.239 e. The van der Waals surface area contributed by atoms with Crippen LogP contribution in [0.3, 0.4) is 0 Å². The topological polar surface area (TPSA) is 58.6 Å². The van der Waals surface area contributed by atoms with Crippen molar-refractivity contribution in [3.05, 3.63) is 34.9 Å². The molecular formula is C14H17ClN2O3. The van der Waals surface area contributed by atoms with Gasteiger partial charge >= 0.3 is 0 Å². The lowest BCUT2D eigenvalue weighted by Gasteiger charge is -2.33. The summed E-state index contributed by atoms with van der Waals surface area (Å²) in [6.45, 7) is 1.61. The van der Waals surface area contributed by atoms with Crippen LogP contribution in [0.25, 0.3) is 0 Å². The Hall–Kier alpha value is -1.43. The molecule has 1 heterocycles. The highest BCUT2D eigenvalue weighted by Gasteiger charge is 2.30. The minimum Gasteiger partial charge on any atom is -0.378 e. The SMILES string of the molecule is CNC(=O)C1COCCN1CC(=O)c1ccc(Cl)cc1. The van der Waals surface area contributed by atoms with Gasteiger partial charge in [-0.15, -0.1) is 0 Å².